The molecule has 3 rings (SSSR count). The first-order chi connectivity index (χ1) is 13.9. The monoisotopic (exact) mass is 412 g/mol. The van der Waals surface area contributed by atoms with Crippen LogP contribution in [0.25, 0.3) is 0 Å². The molecule has 2 aromatic carbocycles. The first-order valence-corrected chi connectivity index (χ1v) is 10.1. The van der Waals surface area contributed by atoms with E-state index in [4.69, 9.17) is 17.0 Å². The van der Waals surface area contributed by atoms with E-state index in [9.17, 15) is 9.18 Å². The molecule has 1 unspecified atom stereocenters. The van der Waals surface area contributed by atoms with Gasteiger partial charge in [0.15, 0.2) is 10.9 Å². The van der Waals surface area contributed by atoms with Crippen molar-refractivity contribution in [2.45, 2.75) is 39.8 Å². The molecule has 0 saturated heterocycles. The molecule has 6 heteroatoms. The fourth-order valence-electron chi connectivity index (χ4n) is 3.48. The van der Waals surface area contributed by atoms with Crippen molar-refractivity contribution in [3.63, 3.8) is 0 Å². The second-order valence-corrected chi connectivity index (χ2v) is 7.46. The van der Waals surface area contributed by atoms with Gasteiger partial charge in [-0.3, -0.25) is 4.79 Å². The smallest absolute Gasteiger partial charge is 0.173 e. The summed E-state index contributed by atoms with van der Waals surface area (Å²) in [6.07, 6.45) is 0.940. The zero-order valence-electron chi connectivity index (χ0n) is 16.9. The van der Waals surface area contributed by atoms with E-state index in [0.29, 0.717) is 17.5 Å². The predicted molar refractivity (Wildman–Crippen MR) is 116 cm³/mol. The SMILES string of the molecule is CCCN1C(=S)NC(c2ccc(OCc3ccc(F)cc3)cc2)C(C(C)=O)=C1C. The number of hydrogen-bond acceptors (Lipinski definition) is 3. The van der Waals surface area contributed by atoms with Crippen LogP contribution in [-0.2, 0) is 11.4 Å². The van der Waals surface area contributed by atoms with Crippen molar-refractivity contribution in [2.24, 2.45) is 0 Å². The highest BCUT2D eigenvalue weighted by Gasteiger charge is 2.31. The van der Waals surface area contributed by atoms with Gasteiger partial charge in [0.1, 0.15) is 18.2 Å². The van der Waals surface area contributed by atoms with Crippen molar-refractivity contribution in [2.75, 3.05) is 6.54 Å². The highest BCUT2D eigenvalue weighted by molar-refractivity contribution is 7.80. The number of hydrogen-bond donors (Lipinski definition) is 1. The molecule has 0 aromatic heterocycles. The fraction of sp³-hybridized carbons (Fsp3) is 0.304. The Hall–Kier alpha value is -2.73. The maximum absolute atomic E-state index is 13.0. The van der Waals surface area contributed by atoms with E-state index in [1.54, 1.807) is 19.1 Å². The molecular formula is C23H25FN2O2S. The molecule has 0 spiro atoms. The maximum atomic E-state index is 13.0. The minimum atomic E-state index is -0.278. The Morgan fingerprint density at radius 1 is 1.17 bits per heavy atom. The second kappa shape index (κ2) is 9.18. The van der Waals surface area contributed by atoms with Crippen molar-refractivity contribution in [3.8, 4) is 5.75 Å². The lowest BCUT2D eigenvalue weighted by Gasteiger charge is -2.37. The zero-order chi connectivity index (χ0) is 21.0. The summed E-state index contributed by atoms with van der Waals surface area (Å²) in [6, 6.07) is 13.6. The van der Waals surface area contributed by atoms with Gasteiger partial charge in [0.05, 0.1) is 6.04 Å². The third-order valence-electron chi connectivity index (χ3n) is 4.96. The van der Waals surface area contributed by atoms with Gasteiger partial charge in [-0.2, -0.15) is 0 Å². The normalized spacial score (nSPS) is 16.6. The lowest BCUT2D eigenvalue weighted by atomic mass is 9.92. The number of ketones is 1. The Kier molecular flexibility index (Phi) is 6.64. The molecule has 1 aliphatic rings. The number of rotatable bonds is 7. The van der Waals surface area contributed by atoms with Crippen molar-refractivity contribution in [1.29, 1.82) is 0 Å². The van der Waals surface area contributed by atoms with E-state index in [1.165, 1.54) is 12.1 Å². The summed E-state index contributed by atoms with van der Waals surface area (Å²) >= 11 is 5.53. The summed E-state index contributed by atoms with van der Waals surface area (Å²) in [7, 11) is 0. The summed E-state index contributed by atoms with van der Waals surface area (Å²) in [5.41, 5.74) is 3.47. The van der Waals surface area contributed by atoms with Crippen molar-refractivity contribution in [1.82, 2.24) is 10.2 Å². The molecule has 0 saturated carbocycles. The molecular weight excluding hydrogens is 387 g/mol. The molecule has 0 radical (unpaired) electrons. The Morgan fingerprint density at radius 3 is 2.41 bits per heavy atom. The second-order valence-electron chi connectivity index (χ2n) is 7.07. The molecule has 1 N–H and O–H groups in total. The summed E-state index contributed by atoms with van der Waals surface area (Å²) in [5, 5.41) is 3.95. The molecule has 1 atom stereocenters. The first kappa shape index (κ1) is 21.0. The van der Waals surface area contributed by atoms with E-state index in [2.05, 4.69) is 12.2 Å². The Labute approximate surface area is 176 Å². The first-order valence-electron chi connectivity index (χ1n) is 9.67. The Balaban J connectivity index is 1.78. The van der Waals surface area contributed by atoms with Gasteiger partial charge in [-0.1, -0.05) is 31.2 Å². The summed E-state index contributed by atoms with van der Waals surface area (Å²) in [5.74, 6) is 0.465. The number of thiocarbonyl (C=S) groups is 1. The predicted octanol–water partition coefficient (Wildman–Crippen LogP) is 4.91. The lowest BCUT2D eigenvalue weighted by Crippen LogP contribution is -2.47. The van der Waals surface area contributed by atoms with Crippen molar-refractivity contribution in [3.05, 3.63) is 76.7 Å². The van der Waals surface area contributed by atoms with E-state index < -0.39 is 0 Å². The van der Waals surface area contributed by atoms with Crippen molar-refractivity contribution >= 4 is 23.1 Å². The highest BCUT2D eigenvalue weighted by Crippen LogP contribution is 2.32. The van der Waals surface area contributed by atoms with Gasteiger partial charge >= 0.3 is 0 Å². The number of nitrogens with one attached hydrogen (secondary N) is 1. The van der Waals surface area contributed by atoms with Crippen LogP contribution in [0.4, 0.5) is 4.39 Å². The molecule has 0 aliphatic carbocycles. The average Bonchev–Trinajstić information content (AvgIpc) is 2.70. The molecule has 0 fully saturated rings. The molecule has 1 aliphatic heterocycles. The number of Topliss-reactive ketones (excluding diaryl/α,β-unsaturated/α-hetero) is 1. The van der Waals surface area contributed by atoms with Gasteiger partial charge in [0, 0.05) is 17.8 Å². The Morgan fingerprint density at radius 2 is 1.83 bits per heavy atom. The van der Waals surface area contributed by atoms with E-state index in [0.717, 1.165) is 35.4 Å². The van der Waals surface area contributed by atoms with Crippen LogP contribution in [0.15, 0.2) is 59.8 Å². The van der Waals surface area contributed by atoms with Crippen LogP contribution in [-0.4, -0.2) is 22.3 Å². The zero-order valence-corrected chi connectivity index (χ0v) is 17.7. The Bertz CT molecular complexity index is 923. The van der Waals surface area contributed by atoms with E-state index >= 15 is 0 Å². The van der Waals surface area contributed by atoms with Gasteiger partial charge in [-0.05, 0) is 67.9 Å². The van der Waals surface area contributed by atoms with Crippen LogP contribution >= 0.6 is 12.2 Å². The number of allylic oxidation sites excluding steroid dienone is 1. The van der Waals surface area contributed by atoms with Crippen LogP contribution < -0.4 is 10.1 Å². The molecule has 152 valence electrons. The van der Waals surface area contributed by atoms with E-state index in [-0.39, 0.29) is 17.6 Å². The topological polar surface area (TPSA) is 41.6 Å². The largest absolute Gasteiger partial charge is 0.489 e. The number of carbonyl (C=O) groups is 1. The summed E-state index contributed by atoms with van der Waals surface area (Å²) in [6.45, 7) is 6.76. The number of carbonyl (C=O) groups excluding carboxylic acids is 1. The highest BCUT2D eigenvalue weighted by atomic mass is 32.1. The van der Waals surface area contributed by atoms with Crippen LogP contribution in [0.5, 0.6) is 5.75 Å². The van der Waals surface area contributed by atoms with Gasteiger partial charge in [-0.15, -0.1) is 0 Å². The summed E-state index contributed by atoms with van der Waals surface area (Å²) in [4.78, 5) is 14.4. The maximum Gasteiger partial charge on any atom is 0.173 e. The standard InChI is InChI=1S/C23H25FN2O2S/c1-4-13-26-15(2)21(16(3)27)22(25-23(26)29)18-7-11-20(12-8-18)28-14-17-5-9-19(24)10-6-17/h5-12,22H,4,13-14H2,1-3H3,(H,25,29). The number of nitrogens with zero attached hydrogens (tertiary/aromatic N) is 1. The third-order valence-corrected chi connectivity index (χ3v) is 5.29. The van der Waals surface area contributed by atoms with Gasteiger partial charge in [0.25, 0.3) is 0 Å². The minimum absolute atomic E-state index is 0.0280. The van der Waals surface area contributed by atoms with Crippen molar-refractivity contribution < 1.29 is 13.9 Å². The molecule has 29 heavy (non-hydrogen) atoms. The van der Waals surface area contributed by atoms with Gasteiger partial charge in [-0.25, -0.2) is 4.39 Å². The minimum Gasteiger partial charge on any atom is -0.489 e. The molecule has 1 heterocycles. The van der Waals surface area contributed by atoms with Gasteiger partial charge < -0.3 is 15.0 Å². The molecule has 2 aromatic rings. The number of benzene rings is 2. The van der Waals surface area contributed by atoms with Gasteiger partial charge in [0.2, 0.25) is 0 Å². The molecule has 0 amide bonds. The van der Waals surface area contributed by atoms with E-state index in [1.807, 2.05) is 36.1 Å². The van der Waals surface area contributed by atoms with Crippen LogP contribution in [0, 0.1) is 5.82 Å². The fourth-order valence-corrected chi connectivity index (χ4v) is 3.83. The third kappa shape index (κ3) is 4.82. The average molecular weight is 413 g/mol. The number of ether oxygens (including phenoxy) is 1. The summed E-state index contributed by atoms with van der Waals surface area (Å²) < 4.78 is 18.8. The molecule has 0 bridgehead atoms. The van der Waals surface area contributed by atoms with Crippen LogP contribution in [0.1, 0.15) is 44.4 Å². The van der Waals surface area contributed by atoms with Crippen LogP contribution in [0.3, 0.4) is 0 Å². The number of halogens is 1. The quantitative estimate of drug-likeness (QED) is 0.655. The molecule has 4 nitrogen and oxygen atoms in total. The lowest BCUT2D eigenvalue weighted by molar-refractivity contribution is -0.114. The van der Waals surface area contributed by atoms with Crippen LogP contribution in [0.2, 0.25) is 0 Å².